The molecular weight excluding hydrogens is 200 g/mol. The van der Waals surface area contributed by atoms with E-state index >= 15 is 0 Å². The van der Waals surface area contributed by atoms with Gasteiger partial charge < -0.3 is 10.8 Å². The van der Waals surface area contributed by atoms with Gasteiger partial charge in [-0.3, -0.25) is 4.90 Å². The van der Waals surface area contributed by atoms with Gasteiger partial charge in [0.15, 0.2) is 0 Å². The zero-order valence-corrected chi connectivity index (χ0v) is 10.9. The molecule has 3 N–H and O–H groups in total. The molecule has 0 atom stereocenters. The number of nitrogens with two attached hydrogens (primary N) is 1. The topological polar surface area (TPSA) is 49.5 Å². The van der Waals surface area contributed by atoms with E-state index in [1.54, 1.807) is 0 Å². The van der Waals surface area contributed by atoms with Crippen LogP contribution in [0.2, 0.25) is 0 Å². The van der Waals surface area contributed by atoms with Gasteiger partial charge >= 0.3 is 0 Å². The maximum absolute atomic E-state index is 9.17. The summed E-state index contributed by atoms with van der Waals surface area (Å²) in [6.07, 6.45) is 6.10. The van der Waals surface area contributed by atoms with Crippen molar-refractivity contribution in [2.24, 2.45) is 11.7 Å². The second-order valence-corrected chi connectivity index (χ2v) is 5.32. The van der Waals surface area contributed by atoms with E-state index < -0.39 is 0 Å². The van der Waals surface area contributed by atoms with E-state index in [1.165, 1.54) is 25.7 Å². The Morgan fingerprint density at radius 2 is 1.94 bits per heavy atom. The van der Waals surface area contributed by atoms with Gasteiger partial charge in [-0.1, -0.05) is 13.8 Å². The number of aliphatic hydroxyl groups excluding tert-OH is 1. The number of hydrogen-bond acceptors (Lipinski definition) is 3. The van der Waals surface area contributed by atoms with Gasteiger partial charge in [0.2, 0.25) is 0 Å². The van der Waals surface area contributed by atoms with Gasteiger partial charge in [0, 0.05) is 18.6 Å². The lowest BCUT2D eigenvalue weighted by molar-refractivity contribution is 0.0313. The first-order chi connectivity index (χ1) is 7.68. The van der Waals surface area contributed by atoms with E-state index in [1.807, 2.05) is 0 Å². The van der Waals surface area contributed by atoms with Gasteiger partial charge in [-0.2, -0.15) is 0 Å². The van der Waals surface area contributed by atoms with Crippen LogP contribution in [0.15, 0.2) is 0 Å². The highest BCUT2D eigenvalue weighted by Crippen LogP contribution is 2.35. The predicted molar refractivity (Wildman–Crippen MR) is 68.4 cm³/mol. The zero-order valence-electron chi connectivity index (χ0n) is 10.9. The van der Waals surface area contributed by atoms with Crippen molar-refractivity contribution < 1.29 is 5.11 Å². The van der Waals surface area contributed by atoms with Crippen LogP contribution in [-0.2, 0) is 0 Å². The molecular formula is C13H28N2O. The number of nitrogens with zero attached hydrogens (tertiary/aromatic N) is 1. The molecule has 1 aliphatic carbocycles. The lowest BCUT2D eigenvalue weighted by atomic mass is 9.76. The minimum atomic E-state index is 0.172. The lowest BCUT2D eigenvalue weighted by Gasteiger charge is -2.47. The Balaban J connectivity index is 2.67. The van der Waals surface area contributed by atoms with Crippen LogP contribution >= 0.6 is 0 Å². The molecule has 1 aliphatic rings. The third-order valence-corrected chi connectivity index (χ3v) is 4.12. The van der Waals surface area contributed by atoms with Crippen LogP contribution in [0.25, 0.3) is 0 Å². The molecule has 1 saturated carbocycles. The molecule has 0 saturated heterocycles. The molecule has 16 heavy (non-hydrogen) atoms. The smallest absolute Gasteiger partial charge is 0.0558 e. The number of rotatable bonds is 6. The van der Waals surface area contributed by atoms with Crippen molar-refractivity contribution in [1.82, 2.24) is 4.90 Å². The normalized spacial score (nSPS) is 30.9. The average molecular weight is 228 g/mol. The standard InChI is InChI=1S/C13H28N2O/c1-3-8-15(9-10-16)13(11-14)6-4-12(2)5-7-13/h12,16H,3-11,14H2,1-2H3. The van der Waals surface area contributed by atoms with Crippen molar-refractivity contribution in [1.29, 1.82) is 0 Å². The van der Waals surface area contributed by atoms with Gasteiger partial charge in [0.25, 0.3) is 0 Å². The van der Waals surface area contributed by atoms with Crippen molar-refractivity contribution in [3.8, 4) is 0 Å². The molecule has 96 valence electrons. The summed E-state index contributed by atoms with van der Waals surface area (Å²) >= 11 is 0. The monoisotopic (exact) mass is 228 g/mol. The second-order valence-electron chi connectivity index (χ2n) is 5.32. The van der Waals surface area contributed by atoms with Crippen LogP contribution in [-0.4, -0.2) is 41.8 Å². The molecule has 0 amide bonds. The fourth-order valence-corrected chi connectivity index (χ4v) is 2.93. The van der Waals surface area contributed by atoms with Crippen LogP contribution in [0, 0.1) is 5.92 Å². The molecule has 0 aromatic carbocycles. The first kappa shape index (κ1) is 13.9. The highest BCUT2D eigenvalue weighted by molar-refractivity contribution is 4.95. The molecule has 0 aliphatic heterocycles. The lowest BCUT2D eigenvalue weighted by Crippen LogP contribution is -2.56. The van der Waals surface area contributed by atoms with Gasteiger partial charge in [-0.05, 0) is 44.6 Å². The molecule has 0 aromatic heterocycles. The summed E-state index contributed by atoms with van der Waals surface area (Å²) in [6, 6.07) is 0. The van der Waals surface area contributed by atoms with E-state index in [0.29, 0.717) is 0 Å². The van der Waals surface area contributed by atoms with Crippen LogP contribution in [0.4, 0.5) is 0 Å². The first-order valence-electron chi connectivity index (χ1n) is 6.74. The van der Waals surface area contributed by atoms with E-state index in [2.05, 4.69) is 18.7 Å². The zero-order chi connectivity index (χ0) is 12.0. The Kier molecular flexibility index (Phi) is 5.73. The molecule has 0 aromatic rings. The van der Waals surface area contributed by atoms with Crippen molar-refractivity contribution in [3.05, 3.63) is 0 Å². The summed E-state index contributed by atoms with van der Waals surface area (Å²) in [5, 5.41) is 9.17. The summed E-state index contributed by atoms with van der Waals surface area (Å²) in [6.45, 7) is 7.35. The maximum Gasteiger partial charge on any atom is 0.0558 e. The Morgan fingerprint density at radius 1 is 1.31 bits per heavy atom. The van der Waals surface area contributed by atoms with Crippen molar-refractivity contribution >= 4 is 0 Å². The molecule has 0 unspecified atom stereocenters. The summed E-state index contributed by atoms with van der Waals surface area (Å²) in [7, 11) is 0. The molecule has 0 bridgehead atoms. The summed E-state index contributed by atoms with van der Waals surface area (Å²) in [4.78, 5) is 2.43. The van der Waals surface area contributed by atoms with E-state index in [0.717, 1.165) is 32.0 Å². The Morgan fingerprint density at radius 3 is 2.38 bits per heavy atom. The second kappa shape index (κ2) is 6.58. The summed E-state index contributed by atoms with van der Waals surface area (Å²) in [5.41, 5.74) is 6.19. The Bertz CT molecular complexity index is 182. The SMILES string of the molecule is CCCN(CCO)C1(CN)CCC(C)CC1. The van der Waals surface area contributed by atoms with E-state index in [9.17, 15) is 5.11 Å². The Labute approximate surface area is 100 Å². The number of hydrogen-bond donors (Lipinski definition) is 2. The van der Waals surface area contributed by atoms with Crippen LogP contribution in [0.5, 0.6) is 0 Å². The fraction of sp³-hybridized carbons (Fsp3) is 1.00. The minimum Gasteiger partial charge on any atom is -0.395 e. The maximum atomic E-state index is 9.17. The Hall–Kier alpha value is -0.120. The predicted octanol–water partition coefficient (Wildman–Crippen LogP) is 1.60. The van der Waals surface area contributed by atoms with Gasteiger partial charge in [-0.15, -0.1) is 0 Å². The third kappa shape index (κ3) is 3.19. The third-order valence-electron chi connectivity index (χ3n) is 4.12. The van der Waals surface area contributed by atoms with Crippen molar-refractivity contribution in [2.75, 3.05) is 26.2 Å². The highest BCUT2D eigenvalue weighted by atomic mass is 16.3. The largest absolute Gasteiger partial charge is 0.395 e. The molecule has 0 radical (unpaired) electrons. The van der Waals surface area contributed by atoms with E-state index in [4.69, 9.17) is 5.73 Å². The van der Waals surface area contributed by atoms with Crippen LogP contribution in [0.3, 0.4) is 0 Å². The van der Waals surface area contributed by atoms with Gasteiger partial charge in [0.1, 0.15) is 0 Å². The van der Waals surface area contributed by atoms with E-state index in [-0.39, 0.29) is 12.1 Å². The van der Waals surface area contributed by atoms with Crippen molar-refractivity contribution in [2.45, 2.75) is 51.5 Å². The quantitative estimate of drug-likeness (QED) is 0.726. The average Bonchev–Trinajstić information content (AvgIpc) is 2.31. The summed E-state index contributed by atoms with van der Waals surface area (Å²) < 4.78 is 0. The molecule has 3 nitrogen and oxygen atoms in total. The fourth-order valence-electron chi connectivity index (χ4n) is 2.93. The molecule has 1 rings (SSSR count). The number of aliphatic hydroxyl groups is 1. The van der Waals surface area contributed by atoms with Gasteiger partial charge in [-0.25, -0.2) is 0 Å². The van der Waals surface area contributed by atoms with Crippen LogP contribution in [0.1, 0.15) is 46.0 Å². The van der Waals surface area contributed by atoms with Crippen LogP contribution < -0.4 is 5.73 Å². The van der Waals surface area contributed by atoms with Gasteiger partial charge in [0.05, 0.1) is 6.61 Å². The number of β-amino-alcohol motifs (C(OH)–C–C–N with tert-alkyl or cyclic N) is 1. The molecule has 0 heterocycles. The molecule has 1 fully saturated rings. The summed E-state index contributed by atoms with van der Waals surface area (Å²) in [5.74, 6) is 0.845. The van der Waals surface area contributed by atoms with Crippen molar-refractivity contribution in [3.63, 3.8) is 0 Å². The molecule has 3 heteroatoms. The molecule has 0 spiro atoms. The minimum absolute atomic E-state index is 0.172. The first-order valence-corrected chi connectivity index (χ1v) is 6.74. The highest BCUT2D eigenvalue weighted by Gasteiger charge is 2.37.